The molecule has 0 radical (unpaired) electrons. The molecule has 0 spiro atoms. The van der Waals surface area contributed by atoms with Gasteiger partial charge in [0.2, 0.25) is 10.0 Å². The Morgan fingerprint density at radius 1 is 1.33 bits per heavy atom. The third-order valence-corrected chi connectivity index (χ3v) is 6.63. The third kappa shape index (κ3) is 3.37. The molecular formula is C14H19Cl2NO3S. The molecule has 21 heavy (non-hydrogen) atoms. The Labute approximate surface area is 135 Å². The molecule has 1 aliphatic rings. The second kappa shape index (κ2) is 6.84. The number of piperidine rings is 1. The fourth-order valence-corrected chi connectivity index (χ4v) is 5.42. The number of sulfonamides is 1. The fraction of sp³-hybridized carbons (Fsp3) is 0.571. The molecule has 1 unspecified atom stereocenters. The van der Waals surface area contributed by atoms with Gasteiger partial charge in [0.25, 0.3) is 0 Å². The number of aliphatic hydroxyl groups excluding tert-OH is 1. The summed E-state index contributed by atoms with van der Waals surface area (Å²) in [4.78, 5) is -0.0129. The quantitative estimate of drug-likeness (QED) is 0.903. The number of nitrogens with zero attached hydrogens (tertiary/aromatic N) is 1. The van der Waals surface area contributed by atoms with Crippen LogP contribution < -0.4 is 0 Å². The van der Waals surface area contributed by atoms with E-state index in [9.17, 15) is 13.5 Å². The first-order valence-electron chi connectivity index (χ1n) is 7.02. The van der Waals surface area contributed by atoms with Crippen LogP contribution in [0.25, 0.3) is 0 Å². The van der Waals surface area contributed by atoms with E-state index in [1.54, 1.807) is 0 Å². The molecule has 0 aliphatic carbocycles. The molecule has 0 bridgehead atoms. The van der Waals surface area contributed by atoms with E-state index in [1.165, 1.54) is 16.4 Å². The Kier molecular flexibility index (Phi) is 5.54. The van der Waals surface area contributed by atoms with Crippen LogP contribution in [0.1, 0.15) is 38.2 Å². The minimum absolute atomic E-state index is 0.00336. The van der Waals surface area contributed by atoms with Crippen molar-refractivity contribution in [1.29, 1.82) is 0 Å². The van der Waals surface area contributed by atoms with E-state index < -0.39 is 10.0 Å². The van der Waals surface area contributed by atoms with Gasteiger partial charge in [-0.1, -0.05) is 36.5 Å². The zero-order valence-corrected chi connectivity index (χ0v) is 14.2. The molecule has 1 heterocycles. The number of rotatable bonds is 4. The van der Waals surface area contributed by atoms with Crippen molar-refractivity contribution in [3.8, 4) is 0 Å². The number of benzene rings is 1. The molecule has 0 saturated carbocycles. The Morgan fingerprint density at radius 3 is 2.67 bits per heavy atom. The molecule has 0 amide bonds. The molecule has 1 fully saturated rings. The average Bonchev–Trinajstić information content (AvgIpc) is 2.48. The van der Waals surface area contributed by atoms with Gasteiger partial charge in [0, 0.05) is 17.6 Å². The summed E-state index contributed by atoms with van der Waals surface area (Å²) < 4.78 is 27.3. The van der Waals surface area contributed by atoms with E-state index >= 15 is 0 Å². The monoisotopic (exact) mass is 351 g/mol. The smallest absolute Gasteiger partial charge is 0.244 e. The first-order chi connectivity index (χ1) is 9.91. The zero-order chi connectivity index (χ0) is 15.6. The van der Waals surface area contributed by atoms with Gasteiger partial charge >= 0.3 is 0 Å². The summed E-state index contributed by atoms with van der Waals surface area (Å²) in [6.45, 7) is 2.13. The molecule has 4 nitrogen and oxygen atoms in total. The second-order valence-corrected chi connectivity index (χ2v) is 7.88. The van der Waals surface area contributed by atoms with Gasteiger partial charge in [-0.2, -0.15) is 4.31 Å². The minimum atomic E-state index is -3.70. The van der Waals surface area contributed by atoms with Crippen LogP contribution >= 0.6 is 23.2 Å². The van der Waals surface area contributed by atoms with Gasteiger partial charge in [-0.3, -0.25) is 0 Å². The van der Waals surface area contributed by atoms with Gasteiger partial charge in [0.15, 0.2) is 0 Å². The molecule has 1 aliphatic heterocycles. The molecule has 118 valence electrons. The molecule has 1 aromatic carbocycles. The van der Waals surface area contributed by atoms with E-state index in [-0.39, 0.29) is 27.6 Å². The van der Waals surface area contributed by atoms with E-state index in [1.807, 2.05) is 6.92 Å². The van der Waals surface area contributed by atoms with Crippen LogP contribution in [0.15, 0.2) is 17.0 Å². The van der Waals surface area contributed by atoms with Crippen molar-refractivity contribution in [1.82, 2.24) is 4.31 Å². The summed E-state index contributed by atoms with van der Waals surface area (Å²) in [5.74, 6) is 0. The van der Waals surface area contributed by atoms with Gasteiger partial charge in [-0.05, 0) is 37.0 Å². The van der Waals surface area contributed by atoms with Crippen LogP contribution in [-0.4, -0.2) is 30.4 Å². The predicted molar refractivity (Wildman–Crippen MR) is 84.2 cm³/mol. The second-order valence-electron chi connectivity index (χ2n) is 5.21. The molecule has 1 saturated heterocycles. The first kappa shape index (κ1) is 17.0. The van der Waals surface area contributed by atoms with Crippen LogP contribution in [0.5, 0.6) is 0 Å². The molecule has 1 atom stereocenters. The Bertz CT molecular complexity index is 619. The van der Waals surface area contributed by atoms with E-state index in [0.717, 1.165) is 25.7 Å². The van der Waals surface area contributed by atoms with Crippen LogP contribution in [-0.2, 0) is 16.6 Å². The highest BCUT2D eigenvalue weighted by atomic mass is 35.5. The lowest BCUT2D eigenvalue weighted by molar-refractivity contribution is 0.246. The van der Waals surface area contributed by atoms with E-state index in [4.69, 9.17) is 23.2 Å². The van der Waals surface area contributed by atoms with Crippen molar-refractivity contribution < 1.29 is 13.5 Å². The van der Waals surface area contributed by atoms with Crippen molar-refractivity contribution in [2.24, 2.45) is 0 Å². The number of aliphatic hydroxyl groups is 1. The summed E-state index contributed by atoms with van der Waals surface area (Å²) in [5.41, 5.74) is 0.327. The van der Waals surface area contributed by atoms with Crippen LogP contribution in [0.3, 0.4) is 0 Å². The fourth-order valence-electron chi connectivity index (χ4n) is 2.75. The lowest BCUT2D eigenvalue weighted by atomic mass is 10.0. The highest BCUT2D eigenvalue weighted by molar-refractivity contribution is 7.89. The summed E-state index contributed by atoms with van der Waals surface area (Å²) in [5, 5.41) is 9.60. The maximum atomic E-state index is 12.9. The largest absolute Gasteiger partial charge is 0.392 e. The number of hydrogen-bond donors (Lipinski definition) is 1. The summed E-state index contributed by atoms with van der Waals surface area (Å²) in [6.07, 6.45) is 3.52. The van der Waals surface area contributed by atoms with Crippen LogP contribution in [0.2, 0.25) is 10.0 Å². The van der Waals surface area contributed by atoms with Gasteiger partial charge in [-0.15, -0.1) is 0 Å². The number of halogens is 2. The first-order valence-corrected chi connectivity index (χ1v) is 9.22. The highest BCUT2D eigenvalue weighted by Crippen LogP contribution is 2.34. The molecule has 7 heteroatoms. The van der Waals surface area contributed by atoms with Gasteiger partial charge < -0.3 is 5.11 Å². The zero-order valence-electron chi connectivity index (χ0n) is 11.8. The van der Waals surface area contributed by atoms with E-state index in [2.05, 4.69) is 0 Å². The van der Waals surface area contributed by atoms with Crippen molar-refractivity contribution in [2.75, 3.05) is 6.54 Å². The predicted octanol–water partition coefficient (Wildman–Crippen LogP) is 3.44. The van der Waals surface area contributed by atoms with Crippen molar-refractivity contribution in [3.63, 3.8) is 0 Å². The Hall–Kier alpha value is -0.330. The molecule has 1 aromatic rings. The molecule has 1 N–H and O–H groups in total. The van der Waals surface area contributed by atoms with Crippen molar-refractivity contribution in [2.45, 2.75) is 50.2 Å². The SMILES string of the molecule is CCC1CCCCN1S(=O)(=O)c1cc(Cl)cc(CO)c1Cl. The van der Waals surface area contributed by atoms with E-state index in [0.29, 0.717) is 12.1 Å². The Balaban J connectivity index is 2.50. The van der Waals surface area contributed by atoms with Crippen LogP contribution in [0.4, 0.5) is 0 Å². The normalized spacial score (nSPS) is 20.7. The molecular weight excluding hydrogens is 333 g/mol. The van der Waals surface area contributed by atoms with Gasteiger partial charge in [-0.25, -0.2) is 8.42 Å². The molecule has 0 aromatic heterocycles. The van der Waals surface area contributed by atoms with Crippen molar-refractivity contribution >= 4 is 33.2 Å². The summed E-state index contributed by atoms with van der Waals surface area (Å²) >= 11 is 12.1. The lowest BCUT2D eigenvalue weighted by Crippen LogP contribution is -2.43. The maximum Gasteiger partial charge on any atom is 0.244 e. The lowest BCUT2D eigenvalue weighted by Gasteiger charge is -2.34. The van der Waals surface area contributed by atoms with Crippen LogP contribution in [0, 0.1) is 0 Å². The van der Waals surface area contributed by atoms with Gasteiger partial charge in [0.05, 0.1) is 11.6 Å². The highest BCUT2D eigenvalue weighted by Gasteiger charge is 2.34. The minimum Gasteiger partial charge on any atom is -0.392 e. The van der Waals surface area contributed by atoms with Crippen molar-refractivity contribution in [3.05, 3.63) is 27.7 Å². The summed E-state index contributed by atoms with van der Waals surface area (Å²) in [6, 6.07) is 2.84. The number of hydrogen-bond acceptors (Lipinski definition) is 3. The summed E-state index contributed by atoms with van der Waals surface area (Å²) in [7, 11) is -3.70. The van der Waals surface area contributed by atoms with Gasteiger partial charge in [0.1, 0.15) is 4.90 Å². The molecule has 2 rings (SSSR count). The Morgan fingerprint density at radius 2 is 2.05 bits per heavy atom. The standard InChI is InChI=1S/C14H19Cl2NO3S/c1-2-12-5-3-4-6-17(12)21(19,20)13-8-11(15)7-10(9-18)14(13)16/h7-8,12,18H,2-6,9H2,1H3. The third-order valence-electron chi connectivity index (χ3n) is 3.88. The average molecular weight is 352 g/mol. The maximum absolute atomic E-state index is 12.9. The topological polar surface area (TPSA) is 57.6 Å².